The molecule has 0 heterocycles. The Morgan fingerprint density at radius 1 is 1.24 bits per heavy atom. The number of carboxylic acid groups (broad SMARTS) is 1. The van der Waals surface area contributed by atoms with Crippen molar-refractivity contribution in [2.75, 3.05) is 16.4 Å². The molecule has 0 aliphatic carbocycles. The van der Waals surface area contributed by atoms with Gasteiger partial charge in [0, 0.05) is 5.75 Å². The van der Waals surface area contributed by atoms with Gasteiger partial charge >= 0.3 is 12.1 Å². The van der Waals surface area contributed by atoms with Gasteiger partial charge in [0.1, 0.15) is 12.6 Å². The normalized spacial score (nSPS) is 11.6. The zero-order valence-electron chi connectivity index (χ0n) is 13.8. The van der Waals surface area contributed by atoms with Crippen molar-refractivity contribution in [1.29, 1.82) is 0 Å². The molecule has 0 bridgehead atoms. The van der Waals surface area contributed by atoms with Crippen molar-refractivity contribution in [2.24, 2.45) is 0 Å². The Labute approximate surface area is 151 Å². The van der Waals surface area contributed by atoms with E-state index in [1.165, 1.54) is 0 Å². The number of thiol groups is 1. The maximum atomic E-state index is 12.6. The Bertz CT molecular complexity index is 752. The molecule has 1 amide bonds. The Hall–Kier alpha value is -2.67. The summed E-state index contributed by atoms with van der Waals surface area (Å²) in [5.74, 6) is -1.27. The molecule has 2 rings (SSSR count). The van der Waals surface area contributed by atoms with Gasteiger partial charge in [-0.2, -0.15) is 12.6 Å². The highest BCUT2D eigenvalue weighted by molar-refractivity contribution is 7.80. The second-order valence-electron chi connectivity index (χ2n) is 5.51. The van der Waals surface area contributed by atoms with Crippen molar-refractivity contribution < 1.29 is 19.4 Å². The predicted octanol–water partition coefficient (Wildman–Crippen LogP) is 3.10. The molecule has 3 N–H and O–H groups in total. The number of anilines is 2. The van der Waals surface area contributed by atoms with Crippen LogP contribution in [0.2, 0.25) is 0 Å². The second kappa shape index (κ2) is 8.43. The van der Waals surface area contributed by atoms with Gasteiger partial charge in [-0.1, -0.05) is 36.4 Å². The van der Waals surface area contributed by atoms with Gasteiger partial charge in [-0.3, -0.25) is 4.90 Å². The number of aliphatic carboxylic acids is 1. The zero-order chi connectivity index (χ0) is 18.4. The van der Waals surface area contributed by atoms with E-state index in [2.05, 4.69) is 12.6 Å². The molecule has 0 spiro atoms. The number of carboxylic acids is 1. The van der Waals surface area contributed by atoms with Crippen molar-refractivity contribution in [3.8, 4) is 0 Å². The van der Waals surface area contributed by atoms with Gasteiger partial charge < -0.3 is 15.6 Å². The molecule has 0 fully saturated rings. The lowest BCUT2D eigenvalue weighted by molar-refractivity contribution is -0.138. The van der Waals surface area contributed by atoms with E-state index < -0.39 is 18.1 Å². The summed E-state index contributed by atoms with van der Waals surface area (Å²) < 4.78 is 5.31. The largest absolute Gasteiger partial charge is 0.480 e. The average Bonchev–Trinajstić information content (AvgIpc) is 2.60. The standard InChI is InChI=1S/C18H20N2O4S/c1-12-7-8-14(19)15(9-12)20(16(11-25)17(21)22)18(23)24-10-13-5-3-2-4-6-13/h2-9,16,25H,10-11,19H2,1H3,(H,21,22)/t16-/m0/s1. The number of benzene rings is 2. The van der Waals surface area contributed by atoms with Crippen LogP contribution in [0.3, 0.4) is 0 Å². The second-order valence-corrected chi connectivity index (χ2v) is 5.87. The van der Waals surface area contributed by atoms with Gasteiger partial charge in [0.2, 0.25) is 0 Å². The highest BCUT2D eigenvalue weighted by atomic mass is 32.1. The van der Waals surface area contributed by atoms with Crippen LogP contribution >= 0.6 is 12.6 Å². The maximum Gasteiger partial charge on any atom is 0.415 e. The highest BCUT2D eigenvalue weighted by Gasteiger charge is 2.32. The van der Waals surface area contributed by atoms with Crippen LogP contribution in [0.5, 0.6) is 0 Å². The number of nitrogens with two attached hydrogens (primary N) is 1. The van der Waals surface area contributed by atoms with E-state index in [9.17, 15) is 14.7 Å². The zero-order valence-corrected chi connectivity index (χ0v) is 14.6. The summed E-state index contributed by atoms with van der Waals surface area (Å²) in [6.45, 7) is 1.85. The molecule has 6 nitrogen and oxygen atoms in total. The van der Waals surface area contributed by atoms with E-state index in [0.717, 1.165) is 16.0 Å². The fourth-order valence-corrected chi connectivity index (χ4v) is 2.63. The molecule has 0 aliphatic heterocycles. The van der Waals surface area contributed by atoms with Crippen LogP contribution in [0.1, 0.15) is 11.1 Å². The molecule has 0 radical (unpaired) electrons. The number of hydrogen-bond donors (Lipinski definition) is 3. The summed E-state index contributed by atoms with van der Waals surface area (Å²) in [6.07, 6.45) is -0.789. The third-order valence-corrected chi connectivity index (χ3v) is 3.96. The summed E-state index contributed by atoms with van der Waals surface area (Å²) >= 11 is 4.07. The minimum Gasteiger partial charge on any atom is -0.480 e. The number of ether oxygens (including phenoxy) is 1. The lowest BCUT2D eigenvalue weighted by atomic mass is 10.1. The van der Waals surface area contributed by atoms with Crippen LogP contribution in [0.15, 0.2) is 48.5 Å². The van der Waals surface area contributed by atoms with Crippen molar-refractivity contribution >= 4 is 36.1 Å². The molecule has 0 aromatic heterocycles. The van der Waals surface area contributed by atoms with Gasteiger partial charge in [-0.15, -0.1) is 0 Å². The van der Waals surface area contributed by atoms with Crippen LogP contribution in [-0.4, -0.2) is 29.0 Å². The average molecular weight is 360 g/mol. The molecule has 2 aromatic carbocycles. The fourth-order valence-electron chi connectivity index (χ4n) is 2.31. The molecule has 7 heteroatoms. The van der Waals surface area contributed by atoms with Gasteiger partial charge in [0.05, 0.1) is 11.4 Å². The number of nitrogens with zero attached hydrogens (tertiary/aromatic N) is 1. The van der Waals surface area contributed by atoms with Crippen molar-refractivity contribution in [1.82, 2.24) is 0 Å². The van der Waals surface area contributed by atoms with E-state index in [1.807, 2.05) is 37.3 Å². The summed E-state index contributed by atoms with van der Waals surface area (Å²) in [4.78, 5) is 25.3. The quantitative estimate of drug-likeness (QED) is 0.544. The van der Waals surface area contributed by atoms with Crippen LogP contribution in [0, 0.1) is 6.92 Å². The Morgan fingerprint density at radius 2 is 1.92 bits per heavy atom. The number of carbonyl (C=O) groups is 2. The van der Waals surface area contributed by atoms with Crippen LogP contribution in [0.25, 0.3) is 0 Å². The first-order valence-electron chi connectivity index (χ1n) is 7.63. The van der Waals surface area contributed by atoms with E-state index in [1.54, 1.807) is 18.2 Å². The minimum atomic E-state index is -1.20. The summed E-state index contributed by atoms with van der Waals surface area (Å²) in [5, 5.41) is 9.46. The maximum absolute atomic E-state index is 12.6. The van der Waals surface area contributed by atoms with E-state index >= 15 is 0 Å². The molecule has 0 saturated carbocycles. The van der Waals surface area contributed by atoms with Crippen LogP contribution in [-0.2, 0) is 16.1 Å². The minimum absolute atomic E-state index is 0.0286. The number of hydrogen-bond acceptors (Lipinski definition) is 5. The molecule has 132 valence electrons. The first kappa shape index (κ1) is 18.7. The van der Waals surface area contributed by atoms with Crippen LogP contribution in [0.4, 0.5) is 16.2 Å². The van der Waals surface area contributed by atoms with E-state index in [4.69, 9.17) is 10.5 Å². The summed E-state index contributed by atoms with van der Waals surface area (Å²) in [7, 11) is 0. The number of carbonyl (C=O) groups excluding carboxylic acids is 1. The summed E-state index contributed by atoms with van der Waals surface area (Å²) in [5.41, 5.74) is 8.18. The van der Waals surface area contributed by atoms with Crippen molar-refractivity contribution in [3.63, 3.8) is 0 Å². The molecule has 0 aliphatic rings. The smallest absolute Gasteiger partial charge is 0.415 e. The number of amides is 1. The number of aryl methyl sites for hydroxylation is 1. The molecule has 25 heavy (non-hydrogen) atoms. The highest BCUT2D eigenvalue weighted by Crippen LogP contribution is 2.28. The van der Waals surface area contributed by atoms with Crippen LogP contribution < -0.4 is 10.6 Å². The molecule has 0 unspecified atom stereocenters. The topological polar surface area (TPSA) is 92.9 Å². The molecular weight excluding hydrogens is 340 g/mol. The first-order chi connectivity index (χ1) is 11.9. The van der Waals surface area contributed by atoms with Crippen molar-refractivity contribution in [2.45, 2.75) is 19.6 Å². The van der Waals surface area contributed by atoms with Gasteiger partial charge in [0.25, 0.3) is 0 Å². The molecule has 0 saturated heterocycles. The Balaban J connectivity index is 2.32. The molecule has 1 atom stereocenters. The fraction of sp³-hybridized carbons (Fsp3) is 0.222. The lowest BCUT2D eigenvalue weighted by Gasteiger charge is -2.28. The monoisotopic (exact) mass is 360 g/mol. The van der Waals surface area contributed by atoms with Gasteiger partial charge in [-0.25, -0.2) is 9.59 Å². The first-order valence-corrected chi connectivity index (χ1v) is 8.27. The van der Waals surface area contributed by atoms with Gasteiger partial charge in [0.15, 0.2) is 0 Å². The number of nitrogen functional groups attached to an aromatic ring is 1. The third-order valence-electron chi connectivity index (χ3n) is 3.62. The van der Waals surface area contributed by atoms with Crippen molar-refractivity contribution in [3.05, 3.63) is 59.7 Å². The molecule has 2 aromatic rings. The SMILES string of the molecule is Cc1ccc(N)c(N(C(=O)OCc2ccccc2)[C@@H](CS)C(=O)O)c1. The van der Waals surface area contributed by atoms with E-state index in [0.29, 0.717) is 5.69 Å². The Morgan fingerprint density at radius 3 is 2.52 bits per heavy atom. The predicted molar refractivity (Wildman–Crippen MR) is 100.0 cm³/mol. The van der Waals surface area contributed by atoms with E-state index in [-0.39, 0.29) is 18.0 Å². The summed E-state index contributed by atoms with van der Waals surface area (Å²) in [6, 6.07) is 13.0. The third kappa shape index (κ3) is 4.67. The van der Waals surface area contributed by atoms with Gasteiger partial charge in [-0.05, 0) is 30.2 Å². The molecular formula is C18H20N2O4S. The number of rotatable bonds is 6. The Kier molecular flexibility index (Phi) is 6.30. The lowest BCUT2D eigenvalue weighted by Crippen LogP contribution is -2.47.